The minimum absolute atomic E-state index is 0.457. The maximum Gasteiger partial charge on any atom is 0.0975 e. The lowest BCUT2D eigenvalue weighted by atomic mass is 9.74. The van der Waals surface area contributed by atoms with Gasteiger partial charge in [0.15, 0.2) is 0 Å². The number of benzene rings is 3. The summed E-state index contributed by atoms with van der Waals surface area (Å²) >= 11 is 0. The van der Waals surface area contributed by atoms with Crippen molar-refractivity contribution < 1.29 is 9.52 Å². The highest BCUT2D eigenvalue weighted by Gasteiger charge is 2.44. The van der Waals surface area contributed by atoms with Crippen LogP contribution in [-0.2, 0) is 5.54 Å². The number of furan rings is 1. The van der Waals surface area contributed by atoms with Crippen LogP contribution in [0.15, 0.2) is 120 Å². The number of rotatable bonds is 5. The summed E-state index contributed by atoms with van der Waals surface area (Å²) < 4.78 is 5.25. The van der Waals surface area contributed by atoms with Gasteiger partial charge in [0.2, 0.25) is 0 Å². The van der Waals surface area contributed by atoms with Gasteiger partial charge in [0.25, 0.3) is 0 Å². The molecule has 0 amide bonds. The van der Waals surface area contributed by atoms with Gasteiger partial charge in [-0.2, -0.15) is 0 Å². The van der Waals surface area contributed by atoms with E-state index in [1.54, 1.807) is 12.5 Å². The Morgan fingerprint density at radius 3 is 1.78 bits per heavy atom. The molecule has 3 nitrogen and oxygen atoms in total. The predicted octanol–water partition coefficient (Wildman–Crippen LogP) is 5.72. The molecule has 0 spiro atoms. The first-order valence-electron chi connectivity index (χ1n) is 11.1. The molecule has 1 fully saturated rings. The van der Waals surface area contributed by atoms with Crippen LogP contribution in [0.1, 0.15) is 28.7 Å². The van der Waals surface area contributed by atoms with Crippen LogP contribution >= 0.6 is 0 Å². The molecule has 4 aromatic rings. The lowest BCUT2D eigenvalue weighted by Crippen LogP contribution is -2.52. The molecule has 1 aliphatic heterocycles. The van der Waals surface area contributed by atoms with Crippen molar-refractivity contribution in [1.29, 1.82) is 0 Å². The first kappa shape index (κ1) is 20.5. The van der Waals surface area contributed by atoms with Gasteiger partial charge in [-0.15, -0.1) is 0 Å². The van der Waals surface area contributed by atoms with Gasteiger partial charge in [0.05, 0.1) is 24.2 Å². The Morgan fingerprint density at radius 2 is 1.31 bits per heavy atom. The van der Waals surface area contributed by atoms with Crippen LogP contribution in [0.3, 0.4) is 0 Å². The maximum absolute atomic E-state index is 10.8. The Balaban J connectivity index is 1.71. The topological polar surface area (TPSA) is 36.6 Å². The average molecular weight is 422 g/mol. The fraction of sp³-hybridized carbons (Fsp3) is 0.172. The summed E-state index contributed by atoms with van der Waals surface area (Å²) in [4.78, 5) is 2.51. The molecule has 0 aliphatic carbocycles. The molecule has 160 valence electrons. The zero-order valence-electron chi connectivity index (χ0n) is 18.0. The lowest BCUT2D eigenvalue weighted by Gasteiger charge is -2.48. The summed E-state index contributed by atoms with van der Waals surface area (Å²) in [7, 11) is 0. The van der Waals surface area contributed by atoms with E-state index in [1.807, 2.05) is 6.07 Å². The first-order chi connectivity index (χ1) is 15.8. The standard InChI is InChI=1S/C29H27NO2/c31-28-16-18-30(21-24(28)20-23-17-19-32-22-23)29(25-10-4-1-5-11-25,26-12-6-2-7-13-26)27-14-8-3-9-15-27/h1-15,17,19-20,22,28,31H,16,18,21H2/b24-20+. The van der Waals surface area contributed by atoms with Crippen LogP contribution in [0, 0.1) is 0 Å². The van der Waals surface area contributed by atoms with E-state index in [4.69, 9.17) is 4.42 Å². The van der Waals surface area contributed by atoms with E-state index in [0.29, 0.717) is 13.0 Å². The second kappa shape index (κ2) is 8.99. The summed E-state index contributed by atoms with van der Waals surface area (Å²) in [6, 6.07) is 34.0. The smallest absolute Gasteiger partial charge is 0.0975 e. The van der Waals surface area contributed by atoms with E-state index >= 15 is 0 Å². The number of hydrogen-bond acceptors (Lipinski definition) is 3. The molecule has 2 heterocycles. The molecule has 32 heavy (non-hydrogen) atoms. The Bertz CT molecular complexity index is 1060. The number of aliphatic hydroxyl groups excluding tert-OH is 1. The zero-order valence-corrected chi connectivity index (χ0v) is 18.0. The summed E-state index contributed by atoms with van der Waals surface area (Å²) in [5.41, 5.74) is 5.17. The molecular weight excluding hydrogens is 394 g/mol. The van der Waals surface area contributed by atoms with Crippen molar-refractivity contribution in [2.45, 2.75) is 18.1 Å². The number of likely N-dealkylation sites (tertiary alicyclic amines) is 1. The number of nitrogens with zero attached hydrogens (tertiary/aromatic N) is 1. The Morgan fingerprint density at radius 1 is 0.781 bits per heavy atom. The van der Waals surface area contributed by atoms with Crippen molar-refractivity contribution in [3.05, 3.63) is 137 Å². The normalized spacial score (nSPS) is 18.7. The minimum Gasteiger partial charge on any atom is -0.472 e. The van der Waals surface area contributed by atoms with Crippen molar-refractivity contribution in [3.8, 4) is 0 Å². The van der Waals surface area contributed by atoms with E-state index in [0.717, 1.165) is 17.7 Å². The van der Waals surface area contributed by atoms with Crippen LogP contribution in [0.4, 0.5) is 0 Å². The van der Waals surface area contributed by atoms with Crippen LogP contribution in [0.5, 0.6) is 0 Å². The van der Waals surface area contributed by atoms with E-state index < -0.39 is 11.6 Å². The highest BCUT2D eigenvalue weighted by molar-refractivity contribution is 5.55. The van der Waals surface area contributed by atoms with Crippen molar-refractivity contribution in [1.82, 2.24) is 4.90 Å². The van der Waals surface area contributed by atoms with Gasteiger partial charge in [-0.25, -0.2) is 0 Å². The quantitative estimate of drug-likeness (QED) is 0.419. The summed E-state index contributed by atoms with van der Waals surface area (Å²) in [6.07, 6.45) is 5.67. The summed E-state index contributed by atoms with van der Waals surface area (Å²) in [5.74, 6) is 0. The number of piperidine rings is 1. The van der Waals surface area contributed by atoms with E-state index in [2.05, 4.69) is 102 Å². The zero-order chi connectivity index (χ0) is 21.8. The van der Waals surface area contributed by atoms with Crippen LogP contribution < -0.4 is 0 Å². The third-order valence-electron chi connectivity index (χ3n) is 6.42. The molecular formula is C29H27NO2. The highest BCUT2D eigenvalue weighted by Crippen LogP contribution is 2.44. The van der Waals surface area contributed by atoms with Gasteiger partial charge in [-0.1, -0.05) is 91.0 Å². The molecule has 1 aromatic heterocycles. The molecule has 1 atom stereocenters. The number of aliphatic hydroxyl groups is 1. The van der Waals surface area contributed by atoms with Gasteiger partial charge < -0.3 is 9.52 Å². The SMILES string of the molecule is OC1CCN(C(c2ccccc2)(c2ccccc2)c2ccccc2)C/C1=C\c1ccoc1. The predicted molar refractivity (Wildman–Crippen MR) is 128 cm³/mol. The summed E-state index contributed by atoms with van der Waals surface area (Å²) in [6.45, 7) is 1.44. The molecule has 1 N–H and O–H groups in total. The maximum atomic E-state index is 10.8. The van der Waals surface area contributed by atoms with E-state index in [1.165, 1.54) is 16.7 Å². The van der Waals surface area contributed by atoms with Crippen LogP contribution in [0.25, 0.3) is 6.08 Å². The van der Waals surface area contributed by atoms with Gasteiger partial charge >= 0.3 is 0 Å². The highest BCUT2D eigenvalue weighted by atomic mass is 16.3. The second-order valence-electron chi connectivity index (χ2n) is 8.31. The first-order valence-corrected chi connectivity index (χ1v) is 11.1. The molecule has 3 heteroatoms. The van der Waals surface area contributed by atoms with E-state index in [9.17, 15) is 5.11 Å². The summed E-state index contributed by atoms with van der Waals surface area (Å²) in [5, 5.41) is 10.8. The third-order valence-corrected chi connectivity index (χ3v) is 6.42. The fourth-order valence-electron chi connectivity index (χ4n) is 4.95. The Hall–Kier alpha value is -3.40. The molecule has 3 aromatic carbocycles. The molecule has 5 rings (SSSR count). The molecule has 0 radical (unpaired) electrons. The van der Waals surface area contributed by atoms with E-state index in [-0.39, 0.29) is 0 Å². The largest absolute Gasteiger partial charge is 0.472 e. The van der Waals surface area contributed by atoms with Crippen molar-refractivity contribution >= 4 is 6.08 Å². The second-order valence-corrected chi connectivity index (χ2v) is 8.31. The average Bonchev–Trinajstić information content (AvgIpc) is 3.37. The van der Waals surface area contributed by atoms with Gasteiger partial charge in [-0.3, -0.25) is 4.90 Å². The monoisotopic (exact) mass is 421 g/mol. The van der Waals surface area contributed by atoms with Gasteiger partial charge in [-0.05, 0) is 40.8 Å². The third kappa shape index (κ3) is 3.70. The van der Waals surface area contributed by atoms with Crippen LogP contribution in [0.2, 0.25) is 0 Å². The van der Waals surface area contributed by atoms with Gasteiger partial charge in [0.1, 0.15) is 0 Å². The molecule has 1 unspecified atom stereocenters. The molecule has 0 saturated carbocycles. The van der Waals surface area contributed by atoms with Crippen molar-refractivity contribution in [2.75, 3.05) is 13.1 Å². The van der Waals surface area contributed by atoms with Gasteiger partial charge in [0, 0.05) is 18.7 Å². The molecule has 1 saturated heterocycles. The Labute approximate surface area is 189 Å². The number of hydrogen-bond donors (Lipinski definition) is 1. The molecule has 0 bridgehead atoms. The minimum atomic E-state index is -0.473. The lowest BCUT2D eigenvalue weighted by molar-refractivity contribution is 0.0872. The van der Waals surface area contributed by atoms with Crippen molar-refractivity contribution in [3.63, 3.8) is 0 Å². The van der Waals surface area contributed by atoms with Crippen molar-refractivity contribution in [2.24, 2.45) is 0 Å². The van der Waals surface area contributed by atoms with Crippen LogP contribution in [-0.4, -0.2) is 29.2 Å². The molecule has 1 aliphatic rings. The Kier molecular flexibility index (Phi) is 5.76. The fourth-order valence-corrected chi connectivity index (χ4v) is 4.95.